The van der Waals surface area contributed by atoms with Gasteiger partial charge in [0.25, 0.3) is 0 Å². The van der Waals surface area contributed by atoms with Crippen LogP contribution in [-0.4, -0.2) is 13.6 Å². The van der Waals surface area contributed by atoms with Crippen LogP contribution in [0.15, 0.2) is 0 Å². The SMILES string of the molecule is CNCC1(C2CCCCCC2)CCCC1. The zero-order chi connectivity index (χ0) is 10.6. The van der Waals surface area contributed by atoms with Crippen LogP contribution in [0.1, 0.15) is 64.2 Å². The van der Waals surface area contributed by atoms with Gasteiger partial charge in [-0.15, -0.1) is 0 Å². The zero-order valence-corrected chi connectivity index (χ0v) is 10.4. The molecule has 1 heteroatoms. The average Bonchev–Trinajstić information content (AvgIpc) is 2.54. The third kappa shape index (κ3) is 2.55. The summed E-state index contributed by atoms with van der Waals surface area (Å²) in [6, 6.07) is 0. The van der Waals surface area contributed by atoms with Gasteiger partial charge in [0.15, 0.2) is 0 Å². The van der Waals surface area contributed by atoms with Crippen LogP contribution < -0.4 is 5.32 Å². The van der Waals surface area contributed by atoms with Crippen molar-refractivity contribution in [2.75, 3.05) is 13.6 Å². The van der Waals surface area contributed by atoms with Crippen molar-refractivity contribution in [1.82, 2.24) is 5.32 Å². The molecule has 1 nitrogen and oxygen atoms in total. The summed E-state index contributed by atoms with van der Waals surface area (Å²) < 4.78 is 0. The third-order valence-corrected chi connectivity index (χ3v) is 4.85. The molecule has 2 rings (SSSR count). The Hall–Kier alpha value is -0.0400. The van der Waals surface area contributed by atoms with Crippen molar-refractivity contribution < 1.29 is 0 Å². The predicted molar refractivity (Wildman–Crippen MR) is 66.0 cm³/mol. The lowest BCUT2D eigenvalue weighted by atomic mass is 9.70. The largest absolute Gasteiger partial charge is 0.319 e. The first kappa shape index (κ1) is 11.4. The van der Waals surface area contributed by atoms with Gasteiger partial charge in [0.2, 0.25) is 0 Å². The van der Waals surface area contributed by atoms with E-state index in [4.69, 9.17) is 0 Å². The Labute approximate surface area is 95.0 Å². The molecule has 88 valence electrons. The third-order valence-electron chi connectivity index (χ3n) is 4.85. The van der Waals surface area contributed by atoms with Gasteiger partial charge in [0, 0.05) is 6.54 Å². The van der Waals surface area contributed by atoms with Crippen molar-refractivity contribution in [2.45, 2.75) is 64.2 Å². The van der Waals surface area contributed by atoms with Crippen molar-refractivity contribution in [1.29, 1.82) is 0 Å². The van der Waals surface area contributed by atoms with Gasteiger partial charge >= 0.3 is 0 Å². The minimum atomic E-state index is 0.694. The van der Waals surface area contributed by atoms with Crippen LogP contribution in [-0.2, 0) is 0 Å². The lowest BCUT2D eigenvalue weighted by Crippen LogP contribution is -2.37. The molecule has 2 fully saturated rings. The highest BCUT2D eigenvalue weighted by atomic mass is 14.8. The van der Waals surface area contributed by atoms with Gasteiger partial charge in [-0.25, -0.2) is 0 Å². The van der Waals surface area contributed by atoms with Crippen molar-refractivity contribution in [2.24, 2.45) is 11.3 Å². The standard InChI is InChI=1S/C14H27N/c1-15-12-14(10-6-7-11-14)13-8-4-2-3-5-9-13/h13,15H,2-12H2,1H3. The van der Waals surface area contributed by atoms with Crippen molar-refractivity contribution in [3.8, 4) is 0 Å². The Morgan fingerprint density at radius 2 is 1.53 bits per heavy atom. The molecular weight excluding hydrogens is 182 g/mol. The number of hydrogen-bond donors (Lipinski definition) is 1. The van der Waals surface area contributed by atoms with Crippen LogP contribution in [0, 0.1) is 11.3 Å². The van der Waals surface area contributed by atoms with Gasteiger partial charge in [-0.2, -0.15) is 0 Å². The molecule has 1 N–H and O–H groups in total. The summed E-state index contributed by atoms with van der Waals surface area (Å²) >= 11 is 0. The summed E-state index contributed by atoms with van der Waals surface area (Å²) in [7, 11) is 2.14. The second-order valence-electron chi connectivity index (χ2n) is 5.79. The smallest absolute Gasteiger partial charge is 0.000746 e. The van der Waals surface area contributed by atoms with Crippen LogP contribution in [0.3, 0.4) is 0 Å². The van der Waals surface area contributed by atoms with E-state index in [2.05, 4.69) is 12.4 Å². The maximum Gasteiger partial charge on any atom is 0.000746 e. The molecule has 0 aromatic carbocycles. The second kappa shape index (κ2) is 5.34. The predicted octanol–water partition coefficient (Wildman–Crippen LogP) is 3.74. The Morgan fingerprint density at radius 3 is 2.07 bits per heavy atom. The zero-order valence-electron chi connectivity index (χ0n) is 10.4. The average molecular weight is 209 g/mol. The molecule has 2 saturated carbocycles. The topological polar surface area (TPSA) is 12.0 Å². The second-order valence-corrected chi connectivity index (χ2v) is 5.79. The van der Waals surface area contributed by atoms with E-state index in [1.807, 2.05) is 0 Å². The fraction of sp³-hybridized carbons (Fsp3) is 1.00. The van der Waals surface area contributed by atoms with Gasteiger partial charge in [-0.3, -0.25) is 0 Å². The van der Waals surface area contributed by atoms with Crippen molar-refractivity contribution in [3.05, 3.63) is 0 Å². The van der Waals surface area contributed by atoms with Gasteiger partial charge in [0.05, 0.1) is 0 Å². The summed E-state index contributed by atoms with van der Waals surface area (Å²) in [5.41, 5.74) is 0.694. The summed E-state index contributed by atoms with van der Waals surface area (Å²) in [6.07, 6.45) is 15.0. The molecule has 0 bridgehead atoms. The molecule has 2 aliphatic carbocycles. The van der Waals surface area contributed by atoms with Crippen LogP contribution >= 0.6 is 0 Å². The molecule has 2 aliphatic rings. The van der Waals surface area contributed by atoms with Crippen LogP contribution in [0.25, 0.3) is 0 Å². The van der Waals surface area contributed by atoms with Gasteiger partial charge < -0.3 is 5.32 Å². The molecule has 0 saturated heterocycles. The molecule has 0 unspecified atom stereocenters. The van der Waals surface area contributed by atoms with Crippen LogP contribution in [0.4, 0.5) is 0 Å². The van der Waals surface area contributed by atoms with Gasteiger partial charge in [-0.05, 0) is 44.1 Å². The van der Waals surface area contributed by atoms with Gasteiger partial charge in [-0.1, -0.05) is 38.5 Å². The molecule has 0 amide bonds. The van der Waals surface area contributed by atoms with E-state index in [0.717, 1.165) is 5.92 Å². The highest BCUT2D eigenvalue weighted by Crippen LogP contribution is 2.48. The summed E-state index contributed by atoms with van der Waals surface area (Å²) in [5, 5.41) is 3.47. The molecule has 0 heterocycles. The Balaban J connectivity index is 2.01. The number of nitrogens with one attached hydrogen (secondary N) is 1. The molecule has 0 aromatic rings. The van der Waals surface area contributed by atoms with E-state index < -0.39 is 0 Å². The summed E-state index contributed by atoms with van der Waals surface area (Å²) in [4.78, 5) is 0. The van der Waals surface area contributed by atoms with E-state index in [0.29, 0.717) is 5.41 Å². The quantitative estimate of drug-likeness (QED) is 0.698. The van der Waals surface area contributed by atoms with E-state index in [9.17, 15) is 0 Å². The molecule has 0 radical (unpaired) electrons. The summed E-state index contributed by atoms with van der Waals surface area (Å²) in [6.45, 7) is 1.28. The lowest BCUT2D eigenvalue weighted by Gasteiger charge is -2.37. The Kier molecular flexibility index (Phi) is 4.07. The fourth-order valence-electron chi connectivity index (χ4n) is 4.05. The Morgan fingerprint density at radius 1 is 0.933 bits per heavy atom. The van der Waals surface area contributed by atoms with E-state index in [1.54, 1.807) is 0 Å². The normalized spacial score (nSPS) is 27.8. The van der Waals surface area contributed by atoms with Crippen molar-refractivity contribution >= 4 is 0 Å². The number of rotatable bonds is 3. The first-order valence-electron chi connectivity index (χ1n) is 7.02. The maximum absolute atomic E-state index is 3.47. The van der Waals surface area contributed by atoms with Crippen molar-refractivity contribution in [3.63, 3.8) is 0 Å². The van der Waals surface area contributed by atoms with Crippen LogP contribution in [0.5, 0.6) is 0 Å². The first-order chi connectivity index (χ1) is 7.37. The number of hydrogen-bond acceptors (Lipinski definition) is 1. The monoisotopic (exact) mass is 209 g/mol. The minimum absolute atomic E-state index is 0.694. The molecule has 0 atom stereocenters. The molecule has 0 aromatic heterocycles. The van der Waals surface area contributed by atoms with E-state index in [1.165, 1.54) is 70.8 Å². The lowest BCUT2D eigenvalue weighted by molar-refractivity contribution is 0.146. The van der Waals surface area contributed by atoms with Gasteiger partial charge in [0.1, 0.15) is 0 Å². The highest BCUT2D eigenvalue weighted by Gasteiger charge is 2.40. The first-order valence-corrected chi connectivity index (χ1v) is 7.02. The molecule has 15 heavy (non-hydrogen) atoms. The van der Waals surface area contributed by atoms with E-state index in [-0.39, 0.29) is 0 Å². The van der Waals surface area contributed by atoms with E-state index >= 15 is 0 Å². The van der Waals surface area contributed by atoms with Crippen LogP contribution in [0.2, 0.25) is 0 Å². The maximum atomic E-state index is 3.47. The fourth-order valence-corrected chi connectivity index (χ4v) is 4.05. The molecule has 0 spiro atoms. The molecular formula is C14H27N. The summed E-state index contributed by atoms with van der Waals surface area (Å²) in [5.74, 6) is 1.04. The minimum Gasteiger partial charge on any atom is -0.319 e. The molecule has 0 aliphatic heterocycles. The highest BCUT2D eigenvalue weighted by molar-refractivity contribution is 4.92. The Bertz CT molecular complexity index is 174.